The van der Waals surface area contributed by atoms with Gasteiger partial charge >= 0.3 is 5.97 Å². The normalized spacial score (nSPS) is 26.3. The average molecular weight is 687 g/mol. The van der Waals surface area contributed by atoms with Crippen LogP contribution in [-0.4, -0.2) is 75.4 Å². The molecular weight excluding hydrogens is 640 g/mol. The number of carbonyl (C=O) groups excluding carboxylic acids is 5. The molecule has 2 aromatic carbocycles. The highest BCUT2D eigenvalue weighted by molar-refractivity contribution is 5.98. The third-order valence-electron chi connectivity index (χ3n) is 9.84. The number of carboxylic acids is 1. The summed E-state index contributed by atoms with van der Waals surface area (Å²) in [5.74, 6) is -4.00. The molecule has 2 bridgehead atoms. The van der Waals surface area contributed by atoms with Crippen LogP contribution in [0.1, 0.15) is 64.5 Å². The third-order valence-corrected chi connectivity index (χ3v) is 9.84. The zero-order valence-electron chi connectivity index (χ0n) is 28.8. The van der Waals surface area contributed by atoms with E-state index in [-0.39, 0.29) is 43.9 Å². The van der Waals surface area contributed by atoms with Crippen molar-refractivity contribution in [2.75, 3.05) is 0 Å². The van der Waals surface area contributed by atoms with Crippen molar-refractivity contribution in [2.24, 2.45) is 5.92 Å². The second-order valence-corrected chi connectivity index (χ2v) is 13.9. The second-order valence-electron chi connectivity index (χ2n) is 13.9. The SMILES string of the molecule is CCC1(C)C(NC(=O)C2CCC(=O)N2)C(=O)NC(CC(C)C)C(=O)NC(Cc2ccccc2)C(=O)NC(C(=O)O)Cc2cn1c1ccccc21. The molecule has 6 atom stereocenters. The molecule has 2 aliphatic rings. The first-order chi connectivity index (χ1) is 23.8. The fourth-order valence-electron chi connectivity index (χ4n) is 6.89. The number of para-hydroxylation sites is 1. The van der Waals surface area contributed by atoms with Gasteiger partial charge in [-0.3, -0.25) is 24.0 Å². The maximum atomic E-state index is 14.5. The fourth-order valence-corrected chi connectivity index (χ4v) is 6.89. The molecule has 13 heteroatoms. The molecule has 266 valence electrons. The van der Waals surface area contributed by atoms with Crippen LogP contribution in [0.3, 0.4) is 0 Å². The second kappa shape index (κ2) is 15.1. The van der Waals surface area contributed by atoms with Crippen LogP contribution in [0.5, 0.6) is 0 Å². The third kappa shape index (κ3) is 7.82. The van der Waals surface area contributed by atoms with Crippen molar-refractivity contribution in [1.29, 1.82) is 0 Å². The molecule has 3 heterocycles. The van der Waals surface area contributed by atoms with Crippen LogP contribution in [0.15, 0.2) is 60.8 Å². The van der Waals surface area contributed by atoms with Gasteiger partial charge in [-0.25, -0.2) is 4.79 Å². The van der Waals surface area contributed by atoms with E-state index in [1.54, 1.807) is 30.5 Å². The summed E-state index contributed by atoms with van der Waals surface area (Å²) in [6, 6.07) is 10.7. The van der Waals surface area contributed by atoms with Gasteiger partial charge in [-0.05, 0) is 49.3 Å². The van der Waals surface area contributed by atoms with Crippen LogP contribution < -0.4 is 26.6 Å². The summed E-state index contributed by atoms with van der Waals surface area (Å²) in [5.41, 5.74) is 0.898. The Morgan fingerprint density at radius 1 is 0.900 bits per heavy atom. The lowest BCUT2D eigenvalue weighted by Gasteiger charge is -2.39. The molecule has 3 aromatic rings. The molecule has 1 saturated heterocycles. The van der Waals surface area contributed by atoms with Crippen LogP contribution in [0, 0.1) is 5.92 Å². The molecule has 5 rings (SSSR count). The predicted octanol–water partition coefficient (Wildman–Crippen LogP) is 1.91. The van der Waals surface area contributed by atoms with E-state index in [9.17, 15) is 33.9 Å². The zero-order chi connectivity index (χ0) is 36.2. The van der Waals surface area contributed by atoms with Gasteiger partial charge in [0.2, 0.25) is 29.5 Å². The lowest BCUT2D eigenvalue weighted by Crippen LogP contribution is -2.64. The van der Waals surface area contributed by atoms with Crippen molar-refractivity contribution in [2.45, 2.75) is 102 Å². The topological polar surface area (TPSA) is 188 Å². The molecule has 1 fully saturated rings. The fraction of sp³-hybridized carbons (Fsp3) is 0.459. The number of aliphatic carboxylic acids is 1. The average Bonchev–Trinajstić information content (AvgIpc) is 3.69. The highest BCUT2D eigenvalue weighted by Crippen LogP contribution is 2.34. The molecular formula is C37H46N6O7. The smallest absolute Gasteiger partial charge is 0.326 e. The van der Waals surface area contributed by atoms with E-state index in [4.69, 9.17) is 0 Å². The number of hydrogen-bond acceptors (Lipinski definition) is 6. The van der Waals surface area contributed by atoms with Crippen molar-refractivity contribution in [3.05, 3.63) is 71.9 Å². The van der Waals surface area contributed by atoms with Crippen molar-refractivity contribution >= 4 is 46.4 Å². The van der Waals surface area contributed by atoms with E-state index < -0.39 is 65.3 Å². The van der Waals surface area contributed by atoms with Gasteiger partial charge in [0.1, 0.15) is 30.2 Å². The van der Waals surface area contributed by atoms with Gasteiger partial charge < -0.3 is 36.3 Å². The van der Waals surface area contributed by atoms with Crippen molar-refractivity contribution in [3.63, 3.8) is 0 Å². The number of carbonyl (C=O) groups is 6. The van der Waals surface area contributed by atoms with Crippen molar-refractivity contribution in [1.82, 2.24) is 31.2 Å². The van der Waals surface area contributed by atoms with Gasteiger partial charge in [0.25, 0.3) is 0 Å². The Balaban J connectivity index is 1.65. The van der Waals surface area contributed by atoms with Gasteiger partial charge in [-0.1, -0.05) is 69.3 Å². The van der Waals surface area contributed by atoms with E-state index >= 15 is 0 Å². The summed E-state index contributed by atoms with van der Waals surface area (Å²) in [7, 11) is 0. The minimum Gasteiger partial charge on any atom is -0.480 e. The van der Waals surface area contributed by atoms with Gasteiger partial charge in [-0.2, -0.15) is 0 Å². The number of fused-ring (bicyclic) bond motifs is 5. The maximum Gasteiger partial charge on any atom is 0.326 e. The Morgan fingerprint density at radius 3 is 2.20 bits per heavy atom. The standard InChI is InChI=1S/C37H46N6O7/c1-5-37(4)31(42-32(45)25-15-16-30(44)38-25)35(48)40-26(17-21(2)3)33(46)39-27(18-22-11-7-6-8-12-22)34(47)41-28(36(49)50)19-23-20-43(37)29-14-10-9-13-24(23)29/h6-14,20-21,25-28,31H,5,15-19H2,1-4H3,(H,38,44)(H,39,46)(H,40,48)(H,41,47)(H,42,45)(H,49,50). The molecule has 2 aliphatic heterocycles. The van der Waals surface area contributed by atoms with E-state index in [0.717, 1.165) is 10.9 Å². The number of hydrogen-bond donors (Lipinski definition) is 6. The highest BCUT2D eigenvalue weighted by atomic mass is 16.4. The number of nitrogens with one attached hydrogen (secondary N) is 5. The van der Waals surface area contributed by atoms with Crippen molar-refractivity contribution in [3.8, 4) is 0 Å². The number of carboxylic acid groups (broad SMARTS) is 1. The molecule has 13 nitrogen and oxygen atoms in total. The lowest BCUT2D eigenvalue weighted by atomic mass is 9.87. The highest BCUT2D eigenvalue weighted by Gasteiger charge is 2.44. The Morgan fingerprint density at radius 2 is 1.56 bits per heavy atom. The molecule has 5 amide bonds. The molecule has 50 heavy (non-hydrogen) atoms. The van der Waals surface area contributed by atoms with E-state index in [2.05, 4.69) is 26.6 Å². The van der Waals surface area contributed by atoms with Crippen molar-refractivity contribution < 1.29 is 33.9 Å². The first-order valence-electron chi connectivity index (χ1n) is 17.2. The van der Waals surface area contributed by atoms with Gasteiger partial charge in [0, 0.05) is 36.4 Å². The number of amides is 5. The summed E-state index contributed by atoms with van der Waals surface area (Å²) in [6.45, 7) is 7.49. The first-order valence-corrected chi connectivity index (χ1v) is 17.2. The molecule has 0 aliphatic carbocycles. The maximum absolute atomic E-state index is 14.5. The largest absolute Gasteiger partial charge is 0.480 e. The predicted molar refractivity (Wildman–Crippen MR) is 186 cm³/mol. The number of aromatic nitrogens is 1. The van der Waals surface area contributed by atoms with Gasteiger partial charge in [0.05, 0.1) is 5.54 Å². The molecule has 0 saturated carbocycles. The Labute approximate surface area is 290 Å². The quantitative estimate of drug-likeness (QED) is 0.209. The van der Waals surface area contributed by atoms with Crippen LogP contribution in [0.25, 0.3) is 10.9 Å². The Hall–Kier alpha value is -5.20. The van der Waals surface area contributed by atoms with Crippen LogP contribution in [-0.2, 0) is 47.1 Å². The number of benzene rings is 2. The van der Waals surface area contributed by atoms with E-state index in [1.165, 1.54) is 0 Å². The number of rotatable bonds is 8. The van der Waals surface area contributed by atoms with Crippen LogP contribution in [0.4, 0.5) is 0 Å². The molecule has 6 unspecified atom stereocenters. The molecule has 6 N–H and O–H groups in total. The summed E-state index contributed by atoms with van der Waals surface area (Å²) in [6.07, 6.45) is 2.77. The Kier molecular flexibility index (Phi) is 10.9. The zero-order valence-corrected chi connectivity index (χ0v) is 28.8. The lowest BCUT2D eigenvalue weighted by molar-refractivity contribution is -0.142. The molecule has 0 radical (unpaired) electrons. The van der Waals surface area contributed by atoms with Crippen LogP contribution in [0.2, 0.25) is 0 Å². The molecule has 1 aromatic heterocycles. The Bertz CT molecular complexity index is 1770. The number of nitrogens with zero attached hydrogens (tertiary/aromatic N) is 1. The van der Waals surface area contributed by atoms with Gasteiger partial charge in [0.15, 0.2) is 0 Å². The minimum absolute atomic E-state index is 0.0545. The molecule has 0 spiro atoms. The summed E-state index contributed by atoms with van der Waals surface area (Å²) in [4.78, 5) is 80.7. The van der Waals surface area contributed by atoms with E-state index in [1.807, 2.05) is 62.6 Å². The minimum atomic E-state index is -1.34. The summed E-state index contributed by atoms with van der Waals surface area (Å²) < 4.78 is 1.87. The summed E-state index contributed by atoms with van der Waals surface area (Å²) >= 11 is 0. The van der Waals surface area contributed by atoms with Crippen LogP contribution >= 0.6 is 0 Å². The first kappa shape index (κ1) is 36.1. The summed E-state index contributed by atoms with van der Waals surface area (Å²) in [5, 5.41) is 25.0. The van der Waals surface area contributed by atoms with Gasteiger partial charge in [-0.15, -0.1) is 0 Å². The monoisotopic (exact) mass is 686 g/mol. The van der Waals surface area contributed by atoms with E-state index in [0.29, 0.717) is 17.5 Å².